The Kier molecular flexibility index (Phi) is 3.25. The van der Waals surface area contributed by atoms with Gasteiger partial charge in [0.1, 0.15) is 4.88 Å². The zero-order valence-electron chi connectivity index (χ0n) is 7.65. The van der Waals surface area contributed by atoms with Crippen LogP contribution in [0.1, 0.15) is 23.0 Å². The number of carboxylic acids is 1. The highest BCUT2D eigenvalue weighted by Gasteiger charge is 2.10. The predicted molar refractivity (Wildman–Crippen MR) is 52.6 cm³/mol. The van der Waals surface area contributed by atoms with Gasteiger partial charge in [0.15, 0.2) is 5.13 Å². The van der Waals surface area contributed by atoms with Crippen LogP contribution in [0.25, 0.3) is 0 Å². The summed E-state index contributed by atoms with van der Waals surface area (Å²) in [5.41, 5.74) is 0. The fourth-order valence-electron chi connectivity index (χ4n) is 0.971. The Morgan fingerprint density at radius 2 is 2.46 bits per heavy atom. The van der Waals surface area contributed by atoms with E-state index >= 15 is 0 Å². The van der Waals surface area contributed by atoms with E-state index in [2.05, 4.69) is 11.9 Å². The molecule has 0 aromatic carbocycles. The number of aromatic carboxylic acids is 1. The largest absolute Gasteiger partial charge is 0.477 e. The van der Waals surface area contributed by atoms with Gasteiger partial charge < -0.3 is 10.0 Å². The molecule has 0 radical (unpaired) electrons. The van der Waals surface area contributed by atoms with Crippen molar-refractivity contribution >= 4 is 22.4 Å². The van der Waals surface area contributed by atoms with Gasteiger partial charge in [0.25, 0.3) is 0 Å². The van der Waals surface area contributed by atoms with E-state index in [1.54, 1.807) is 0 Å². The highest BCUT2D eigenvalue weighted by Crippen LogP contribution is 2.21. The molecule has 1 heterocycles. The molecule has 1 rings (SSSR count). The molecular weight excluding hydrogens is 188 g/mol. The van der Waals surface area contributed by atoms with Gasteiger partial charge in [0.05, 0.1) is 6.20 Å². The van der Waals surface area contributed by atoms with E-state index in [1.165, 1.54) is 17.5 Å². The summed E-state index contributed by atoms with van der Waals surface area (Å²) in [6.07, 6.45) is 2.42. The van der Waals surface area contributed by atoms with Gasteiger partial charge in [-0.3, -0.25) is 0 Å². The van der Waals surface area contributed by atoms with Crippen molar-refractivity contribution in [3.8, 4) is 0 Å². The van der Waals surface area contributed by atoms with Crippen molar-refractivity contribution < 1.29 is 9.90 Å². The van der Waals surface area contributed by atoms with Crippen LogP contribution in [0.3, 0.4) is 0 Å². The summed E-state index contributed by atoms with van der Waals surface area (Å²) in [6, 6.07) is 0. The van der Waals surface area contributed by atoms with Crippen LogP contribution in [0.2, 0.25) is 0 Å². The van der Waals surface area contributed by atoms with E-state index in [1.807, 2.05) is 11.9 Å². The van der Waals surface area contributed by atoms with Crippen LogP contribution in [-0.2, 0) is 0 Å². The molecule has 0 aliphatic rings. The maximum absolute atomic E-state index is 10.5. The molecule has 72 valence electrons. The van der Waals surface area contributed by atoms with Gasteiger partial charge in [0, 0.05) is 13.6 Å². The molecule has 0 aliphatic heterocycles. The lowest BCUT2D eigenvalue weighted by Crippen LogP contribution is -2.17. The van der Waals surface area contributed by atoms with Gasteiger partial charge in [0.2, 0.25) is 0 Å². The second kappa shape index (κ2) is 4.23. The Balaban J connectivity index is 2.73. The lowest BCUT2D eigenvalue weighted by Gasteiger charge is -2.13. The first-order valence-corrected chi connectivity index (χ1v) is 4.87. The molecule has 1 aromatic heterocycles. The first-order valence-electron chi connectivity index (χ1n) is 4.05. The van der Waals surface area contributed by atoms with Gasteiger partial charge in [-0.15, -0.1) is 0 Å². The van der Waals surface area contributed by atoms with Crippen LogP contribution in [0.15, 0.2) is 6.20 Å². The number of hydrogen-bond donors (Lipinski definition) is 1. The number of aromatic nitrogens is 1. The summed E-state index contributed by atoms with van der Waals surface area (Å²) in [5.74, 6) is -0.909. The predicted octanol–water partition coefficient (Wildman–Crippen LogP) is 1.69. The maximum Gasteiger partial charge on any atom is 0.347 e. The molecule has 0 atom stereocenters. The second-order valence-corrected chi connectivity index (χ2v) is 3.74. The van der Waals surface area contributed by atoms with E-state index < -0.39 is 5.97 Å². The van der Waals surface area contributed by atoms with Crippen molar-refractivity contribution in [3.05, 3.63) is 11.1 Å². The number of carbonyl (C=O) groups is 1. The van der Waals surface area contributed by atoms with Gasteiger partial charge in [-0.1, -0.05) is 18.3 Å². The van der Waals surface area contributed by atoms with Crippen molar-refractivity contribution in [2.24, 2.45) is 0 Å². The zero-order valence-corrected chi connectivity index (χ0v) is 8.47. The first-order chi connectivity index (χ1) is 6.15. The van der Waals surface area contributed by atoms with Crippen molar-refractivity contribution in [2.75, 3.05) is 18.5 Å². The molecule has 4 nitrogen and oxygen atoms in total. The summed E-state index contributed by atoms with van der Waals surface area (Å²) in [5, 5.41) is 9.42. The third-order valence-electron chi connectivity index (χ3n) is 1.59. The summed E-state index contributed by atoms with van der Waals surface area (Å²) in [7, 11) is 1.91. The number of rotatable bonds is 4. The molecule has 5 heteroatoms. The SMILES string of the molecule is CCCN(C)c1ncc(C(=O)O)s1. The highest BCUT2D eigenvalue weighted by atomic mass is 32.1. The number of hydrogen-bond acceptors (Lipinski definition) is 4. The van der Waals surface area contributed by atoms with E-state index in [-0.39, 0.29) is 4.88 Å². The monoisotopic (exact) mass is 200 g/mol. The topological polar surface area (TPSA) is 53.4 Å². The van der Waals surface area contributed by atoms with Crippen molar-refractivity contribution in [1.29, 1.82) is 0 Å². The van der Waals surface area contributed by atoms with Crippen LogP contribution < -0.4 is 4.90 Å². The standard InChI is InChI=1S/C8H12N2O2S/c1-3-4-10(2)8-9-5-6(13-8)7(11)12/h5H,3-4H2,1-2H3,(H,11,12). The molecule has 13 heavy (non-hydrogen) atoms. The van der Waals surface area contributed by atoms with Gasteiger partial charge in [-0.2, -0.15) is 0 Å². The van der Waals surface area contributed by atoms with Crippen molar-refractivity contribution in [3.63, 3.8) is 0 Å². The number of anilines is 1. The molecule has 0 bridgehead atoms. The molecule has 0 saturated carbocycles. The molecular formula is C8H12N2O2S. The van der Waals surface area contributed by atoms with Crippen molar-refractivity contribution in [2.45, 2.75) is 13.3 Å². The Morgan fingerprint density at radius 3 is 2.92 bits per heavy atom. The Hall–Kier alpha value is -1.10. The number of nitrogens with zero attached hydrogens (tertiary/aromatic N) is 2. The number of thiazole rings is 1. The van der Waals surface area contributed by atoms with E-state index in [0.29, 0.717) is 0 Å². The average molecular weight is 200 g/mol. The smallest absolute Gasteiger partial charge is 0.347 e. The number of carboxylic acid groups (broad SMARTS) is 1. The fourth-order valence-corrected chi connectivity index (χ4v) is 1.71. The molecule has 0 spiro atoms. The minimum Gasteiger partial charge on any atom is -0.477 e. The Labute approximate surface area is 80.8 Å². The van der Waals surface area contributed by atoms with Gasteiger partial charge in [-0.25, -0.2) is 9.78 Å². The quantitative estimate of drug-likeness (QED) is 0.803. The molecule has 0 aliphatic carbocycles. The third-order valence-corrected chi connectivity index (χ3v) is 2.69. The lowest BCUT2D eigenvalue weighted by molar-refractivity contribution is 0.0702. The second-order valence-electron chi connectivity index (χ2n) is 2.73. The summed E-state index contributed by atoms with van der Waals surface area (Å²) < 4.78 is 0. The van der Waals surface area contributed by atoms with Gasteiger partial charge in [-0.05, 0) is 6.42 Å². The average Bonchev–Trinajstić information content (AvgIpc) is 2.52. The normalized spacial score (nSPS) is 10.0. The fraction of sp³-hybridized carbons (Fsp3) is 0.500. The highest BCUT2D eigenvalue weighted by molar-refractivity contribution is 7.17. The molecule has 0 saturated heterocycles. The molecule has 1 N–H and O–H groups in total. The van der Waals surface area contributed by atoms with Crippen LogP contribution in [-0.4, -0.2) is 29.7 Å². The van der Waals surface area contributed by atoms with E-state index in [9.17, 15) is 4.79 Å². The zero-order chi connectivity index (χ0) is 9.84. The summed E-state index contributed by atoms with van der Waals surface area (Å²) >= 11 is 1.20. The summed E-state index contributed by atoms with van der Waals surface area (Å²) in [6.45, 7) is 2.97. The van der Waals surface area contributed by atoms with Crippen LogP contribution >= 0.6 is 11.3 Å². The van der Waals surface area contributed by atoms with Crippen LogP contribution in [0, 0.1) is 0 Å². The van der Waals surface area contributed by atoms with E-state index in [0.717, 1.165) is 18.1 Å². The summed E-state index contributed by atoms with van der Waals surface area (Å²) in [4.78, 5) is 16.8. The van der Waals surface area contributed by atoms with Gasteiger partial charge >= 0.3 is 5.97 Å². The lowest BCUT2D eigenvalue weighted by atomic mass is 10.5. The third kappa shape index (κ3) is 2.42. The van der Waals surface area contributed by atoms with Crippen LogP contribution in [0.4, 0.5) is 5.13 Å². The first kappa shape index (κ1) is 9.98. The molecule has 0 fully saturated rings. The minimum absolute atomic E-state index is 0.290. The maximum atomic E-state index is 10.5. The molecule has 0 amide bonds. The Bertz CT molecular complexity index is 298. The van der Waals surface area contributed by atoms with Crippen molar-refractivity contribution in [1.82, 2.24) is 4.98 Å². The molecule has 0 unspecified atom stereocenters. The minimum atomic E-state index is -0.909. The Morgan fingerprint density at radius 1 is 1.77 bits per heavy atom. The van der Waals surface area contributed by atoms with E-state index in [4.69, 9.17) is 5.11 Å². The molecule has 1 aromatic rings. The van der Waals surface area contributed by atoms with Crippen LogP contribution in [0.5, 0.6) is 0 Å².